The first-order chi connectivity index (χ1) is 8.38. The number of nitrogens with two attached hydrogens (primary N) is 1. The van der Waals surface area contributed by atoms with E-state index < -0.39 is 16.0 Å². The Morgan fingerprint density at radius 2 is 2.17 bits per heavy atom. The Morgan fingerprint density at radius 1 is 1.50 bits per heavy atom. The molecule has 18 heavy (non-hydrogen) atoms. The summed E-state index contributed by atoms with van der Waals surface area (Å²) in [4.78, 5) is 0. The number of halogens is 2. The van der Waals surface area contributed by atoms with Gasteiger partial charge in [-0.1, -0.05) is 17.7 Å². The quantitative estimate of drug-likeness (QED) is 0.833. The minimum Gasteiger partial charge on any atom is -0.330 e. The molecule has 3 N–H and O–H groups in total. The molecule has 0 radical (unpaired) electrons. The van der Waals surface area contributed by atoms with E-state index in [2.05, 4.69) is 4.72 Å². The first-order valence-electron chi connectivity index (χ1n) is 5.26. The normalized spacial score (nSPS) is 11.8. The fraction of sp³-hybridized carbons (Fsp3) is 0.400. The summed E-state index contributed by atoms with van der Waals surface area (Å²) in [5.41, 5.74) is 5.12. The van der Waals surface area contributed by atoms with E-state index in [1.54, 1.807) is 0 Å². The van der Waals surface area contributed by atoms with Crippen molar-refractivity contribution in [2.75, 3.05) is 24.9 Å². The average molecular weight is 296 g/mol. The van der Waals surface area contributed by atoms with Crippen LogP contribution in [0.5, 0.6) is 0 Å². The zero-order valence-electron chi connectivity index (χ0n) is 9.86. The van der Waals surface area contributed by atoms with Gasteiger partial charge in [-0.25, -0.2) is 4.39 Å². The average Bonchev–Trinajstić information content (AvgIpc) is 2.31. The number of hydrogen-bond acceptors (Lipinski definition) is 3. The molecule has 102 valence electrons. The summed E-state index contributed by atoms with van der Waals surface area (Å²) in [7, 11) is -2.41. The monoisotopic (exact) mass is 295 g/mol. The summed E-state index contributed by atoms with van der Waals surface area (Å²) in [5, 5.41) is -0.139. The molecule has 1 rings (SSSR count). The highest BCUT2D eigenvalue weighted by Crippen LogP contribution is 2.23. The van der Waals surface area contributed by atoms with Gasteiger partial charge in [0.25, 0.3) is 0 Å². The smallest absolute Gasteiger partial charge is 0.301 e. The summed E-state index contributed by atoms with van der Waals surface area (Å²) in [6, 6.07) is 4.10. The van der Waals surface area contributed by atoms with Crippen LogP contribution in [0.3, 0.4) is 0 Å². The molecular weight excluding hydrogens is 281 g/mol. The van der Waals surface area contributed by atoms with E-state index in [1.807, 2.05) is 0 Å². The molecule has 0 saturated heterocycles. The van der Waals surface area contributed by atoms with E-state index in [0.29, 0.717) is 13.0 Å². The Balaban J connectivity index is 2.85. The second-order valence-corrected chi connectivity index (χ2v) is 5.86. The fourth-order valence-electron chi connectivity index (χ4n) is 1.23. The van der Waals surface area contributed by atoms with Crippen molar-refractivity contribution in [2.45, 2.75) is 6.42 Å². The maximum absolute atomic E-state index is 13.6. The molecule has 0 amide bonds. The van der Waals surface area contributed by atoms with Crippen LogP contribution in [0.4, 0.5) is 10.1 Å². The van der Waals surface area contributed by atoms with E-state index in [0.717, 1.165) is 4.31 Å². The molecule has 0 aliphatic carbocycles. The lowest BCUT2D eigenvalue weighted by Gasteiger charge is -2.18. The van der Waals surface area contributed by atoms with Gasteiger partial charge in [0, 0.05) is 13.6 Å². The predicted molar refractivity (Wildman–Crippen MR) is 70.3 cm³/mol. The van der Waals surface area contributed by atoms with Gasteiger partial charge in [-0.3, -0.25) is 4.72 Å². The number of rotatable bonds is 6. The van der Waals surface area contributed by atoms with Crippen molar-refractivity contribution in [1.29, 1.82) is 0 Å². The van der Waals surface area contributed by atoms with E-state index in [4.69, 9.17) is 17.3 Å². The van der Waals surface area contributed by atoms with Crippen LogP contribution in [-0.4, -0.2) is 32.9 Å². The maximum Gasteiger partial charge on any atom is 0.301 e. The molecule has 0 aliphatic rings. The SMILES string of the molecule is CN(CCCN)S(=O)(=O)Nc1cccc(Cl)c1F. The summed E-state index contributed by atoms with van der Waals surface area (Å²) in [6.45, 7) is 0.638. The first kappa shape index (κ1) is 15.2. The summed E-state index contributed by atoms with van der Waals surface area (Å²) >= 11 is 5.57. The number of anilines is 1. The second kappa shape index (κ2) is 6.33. The molecule has 0 spiro atoms. The molecule has 8 heteroatoms. The van der Waals surface area contributed by atoms with Crippen molar-refractivity contribution >= 4 is 27.5 Å². The van der Waals surface area contributed by atoms with E-state index in [1.165, 1.54) is 25.2 Å². The Bertz CT molecular complexity index is 510. The topological polar surface area (TPSA) is 75.4 Å². The van der Waals surface area contributed by atoms with Crippen LogP contribution in [0.1, 0.15) is 6.42 Å². The van der Waals surface area contributed by atoms with Gasteiger partial charge in [0.2, 0.25) is 0 Å². The van der Waals surface area contributed by atoms with Crippen molar-refractivity contribution in [3.8, 4) is 0 Å². The van der Waals surface area contributed by atoms with Gasteiger partial charge in [-0.2, -0.15) is 12.7 Å². The lowest BCUT2D eigenvalue weighted by Crippen LogP contribution is -2.34. The fourth-order valence-corrected chi connectivity index (χ4v) is 2.37. The third-order valence-electron chi connectivity index (χ3n) is 2.28. The van der Waals surface area contributed by atoms with Gasteiger partial charge >= 0.3 is 10.2 Å². The molecule has 5 nitrogen and oxygen atoms in total. The number of nitrogens with zero attached hydrogens (tertiary/aromatic N) is 1. The summed E-state index contributed by atoms with van der Waals surface area (Å²) in [6.07, 6.45) is 0.523. The summed E-state index contributed by atoms with van der Waals surface area (Å²) in [5.74, 6) is -0.796. The second-order valence-electron chi connectivity index (χ2n) is 3.67. The van der Waals surface area contributed by atoms with Crippen LogP contribution < -0.4 is 10.5 Å². The Kier molecular flexibility index (Phi) is 5.33. The lowest BCUT2D eigenvalue weighted by molar-refractivity contribution is 0.468. The number of nitrogens with one attached hydrogen (secondary N) is 1. The Labute approximate surface area is 111 Å². The Hall–Kier alpha value is -0.890. The lowest BCUT2D eigenvalue weighted by atomic mass is 10.3. The maximum atomic E-state index is 13.6. The van der Waals surface area contributed by atoms with E-state index in [-0.39, 0.29) is 17.3 Å². The molecule has 0 saturated carbocycles. The molecule has 0 heterocycles. The third-order valence-corrected chi connectivity index (χ3v) is 4.05. The zero-order valence-corrected chi connectivity index (χ0v) is 11.4. The molecule has 0 unspecified atom stereocenters. The number of benzene rings is 1. The highest BCUT2D eigenvalue weighted by molar-refractivity contribution is 7.90. The van der Waals surface area contributed by atoms with Crippen molar-refractivity contribution in [3.63, 3.8) is 0 Å². The van der Waals surface area contributed by atoms with Gasteiger partial charge in [0.05, 0.1) is 10.7 Å². The third kappa shape index (κ3) is 3.81. The highest BCUT2D eigenvalue weighted by Gasteiger charge is 2.19. The molecule has 0 atom stereocenters. The van der Waals surface area contributed by atoms with Crippen molar-refractivity contribution in [1.82, 2.24) is 4.31 Å². The van der Waals surface area contributed by atoms with Gasteiger partial charge in [-0.05, 0) is 25.1 Å². The molecule has 0 aliphatic heterocycles. The molecule has 0 fully saturated rings. The van der Waals surface area contributed by atoms with Gasteiger partial charge < -0.3 is 5.73 Å². The van der Waals surface area contributed by atoms with Gasteiger partial charge in [0.1, 0.15) is 0 Å². The van der Waals surface area contributed by atoms with Crippen molar-refractivity contribution < 1.29 is 12.8 Å². The molecule has 0 aromatic heterocycles. The Morgan fingerprint density at radius 3 is 2.78 bits per heavy atom. The van der Waals surface area contributed by atoms with Crippen LogP contribution in [0, 0.1) is 5.82 Å². The first-order valence-corrected chi connectivity index (χ1v) is 7.08. The molecule has 1 aromatic carbocycles. The van der Waals surface area contributed by atoms with Gasteiger partial charge in [0.15, 0.2) is 5.82 Å². The van der Waals surface area contributed by atoms with E-state index >= 15 is 0 Å². The number of hydrogen-bond donors (Lipinski definition) is 2. The minimum absolute atomic E-state index is 0.139. The van der Waals surface area contributed by atoms with Crippen LogP contribution in [0.25, 0.3) is 0 Å². The van der Waals surface area contributed by atoms with Crippen molar-refractivity contribution in [3.05, 3.63) is 29.0 Å². The predicted octanol–water partition coefficient (Wildman–Crippen LogP) is 1.42. The zero-order chi connectivity index (χ0) is 13.8. The van der Waals surface area contributed by atoms with Gasteiger partial charge in [-0.15, -0.1) is 0 Å². The highest BCUT2D eigenvalue weighted by atomic mass is 35.5. The molecule has 1 aromatic rings. The van der Waals surface area contributed by atoms with Crippen LogP contribution in [-0.2, 0) is 10.2 Å². The van der Waals surface area contributed by atoms with Crippen LogP contribution >= 0.6 is 11.6 Å². The van der Waals surface area contributed by atoms with E-state index in [9.17, 15) is 12.8 Å². The summed E-state index contributed by atoms with van der Waals surface area (Å²) < 4.78 is 40.4. The largest absolute Gasteiger partial charge is 0.330 e. The van der Waals surface area contributed by atoms with Crippen molar-refractivity contribution in [2.24, 2.45) is 5.73 Å². The minimum atomic E-state index is -3.80. The molecular formula is C10H15ClFN3O2S. The van der Waals surface area contributed by atoms with Crippen LogP contribution in [0.15, 0.2) is 18.2 Å². The standard InChI is InChI=1S/C10H15ClFN3O2S/c1-15(7-3-6-13)18(16,17)14-9-5-2-4-8(11)10(9)12/h2,4-5,14H,3,6-7,13H2,1H3. The molecule has 0 bridgehead atoms. The van der Waals surface area contributed by atoms with Crippen LogP contribution in [0.2, 0.25) is 5.02 Å².